The Bertz CT molecular complexity index is 807. The minimum Gasteiger partial charge on any atom is -0.760 e. The molecule has 0 spiro atoms. The highest BCUT2D eigenvalue weighted by Crippen LogP contribution is 2.26. The number of ether oxygens (including phenoxy) is 1. The number of benzene rings is 1. The molecule has 2 heterocycles. The summed E-state index contributed by atoms with van der Waals surface area (Å²) >= 11 is -0.789. The zero-order chi connectivity index (χ0) is 18.7. The lowest BCUT2D eigenvalue weighted by Gasteiger charge is -2.23. The summed E-state index contributed by atoms with van der Waals surface area (Å²) in [5.74, 6) is -0.417. The Hall–Kier alpha value is -1.65. The Morgan fingerprint density at radius 1 is 1.38 bits per heavy atom. The lowest BCUT2D eigenvalue weighted by molar-refractivity contribution is 0.0600. The monoisotopic (exact) mass is 394 g/mol. The quantitative estimate of drug-likeness (QED) is 0.548. The van der Waals surface area contributed by atoms with Crippen molar-refractivity contribution in [2.24, 2.45) is 0 Å². The van der Waals surface area contributed by atoms with Crippen molar-refractivity contribution in [3.8, 4) is 0 Å². The molecule has 0 fully saturated rings. The number of thiazole rings is 1. The molecule has 0 bridgehead atoms. The average Bonchev–Trinajstić information content (AvgIpc) is 3.02. The summed E-state index contributed by atoms with van der Waals surface area (Å²) in [6, 6.07) is 6.72. The topological polar surface area (TPSA) is 85.8 Å². The van der Waals surface area contributed by atoms with E-state index in [9.17, 15) is 13.6 Å². The third-order valence-corrected chi connectivity index (χ3v) is 5.97. The van der Waals surface area contributed by atoms with Gasteiger partial charge in [-0.15, -0.1) is 11.3 Å². The van der Waals surface area contributed by atoms with Gasteiger partial charge in [0.1, 0.15) is 5.01 Å². The molecule has 1 aliphatic heterocycles. The van der Waals surface area contributed by atoms with Crippen LogP contribution in [0.15, 0.2) is 24.3 Å². The molecule has 1 atom stereocenters. The zero-order valence-electron chi connectivity index (χ0n) is 14.6. The van der Waals surface area contributed by atoms with E-state index in [0.717, 1.165) is 35.8 Å². The second kappa shape index (κ2) is 8.36. The molecule has 1 aliphatic rings. The number of hydrogen-bond acceptors (Lipinski definition) is 7. The number of rotatable bonds is 6. The van der Waals surface area contributed by atoms with Gasteiger partial charge in [0.25, 0.3) is 0 Å². The third kappa shape index (κ3) is 4.54. The van der Waals surface area contributed by atoms with E-state index in [1.807, 2.05) is 0 Å². The van der Waals surface area contributed by atoms with Crippen molar-refractivity contribution in [3.63, 3.8) is 0 Å². The summed E-state index contributed by atoms with van der Waals surface area (Å²) < 4.78 is 29.3. The summed E-state index contributed by atoms with van der Waals surface area (Å²) in [7, 11) is 3.39. The third-order valence-electron chi connectivity index (χ3n) is 4.22. The minimum absolute atomic E-state index is 0.224. The van der Waals surface area contributed by atoms with E-state index in [1.54, 1.807) is 35.6 Å². The van der Waals surface area contributed by atoms with E-state index in [-0.39, 0.29) is 13.1 Å². The number of methoxy groups -OCH3 is 1. The lowest BCUT2D eigenvalue weighted by atomic mass is 10.1. The van der Waals surface area contributed by atoms with Crippen LogP contribution >= 0.6 is 11.3 Å². The van der Waals surface area contributed by atoms with Crippen LogP contribution in [0, 0.1) is 0 Å². The van der Waals surface area contributed by atoms with Crippen LogP contribution in [-0.4, -0.2) is 49.6 Å². The molecule has 140 valence electrons. The number of fused-ring (bicyclic) bond motifs is 1. The van der Waals surface area contributed by atoms with Crippen molar-refractivity contribution in [2.75, 3.05) is 20.7 Å². The van der Waals surface area contributed by atoms with E-state index in [0.29, 0.717) is 5.56 Å². The van der Waals surface area contributed by atoms with Crippen molar-refractivity contribution < 1.29 is 18.3 Å². The van der Waals surface area contributed by atoms with Crippen LogP contribution in [0.25, 0.3) is 0 Å². The number of carbonyl (C=O) groups is 1. The molecular formula is C17H20N3O4S2-. The number of aromatic nitrogens is 1. The molecule has 0 N–H and O–H groups in total. The number of hydrogen-bond donors (Lipinski definition) is 0. The molecule has 2 aromatic rings. The molecule has 0 saturated carbocycles. The summed E-state index contributed by atoms with van der Waals surface area (Å²) in [6.45, 7) is 2.31. The predicted octanol–water partition coefficient (Wildman–Crippen LogP) is 1.71. The predicted molar refractivity (Wildman–Crippen MR) is 98.1 cm³/mol. The maximum absolute atomic E-state index is 11.6. The smallest absolute Gasteiger partial charge is 0.337 e. The number of carbonyl (C=O) groups excluding carboxylic acids is 1. The summed E-state index contributed by atoms with van der Waals surface area (Å²) in [4.78, 5) is 19.5. The second-order valence-corrected chi connectivity index (χ2v) is 8.29. The molecule has 7 nitrogen and oxygen atoms in total. The Balaban J connectivity index is 1.70. The van der Waals surface area contributed by atoms with Gasteiger partial charge in [0.2, 0.25) is 0 Å². The fourth-order valence-corrected chi connectivity index (χ4v) is 4.60. The standard InChI is InChI=1S/C17H21N3O4S2/c1-19-8-7-14-15(10-19)25-16(18-14)11-20(26(22)23)9-12-3-5-13(6-4-12)17(21)24-2/h3-6H,7-11H2,1-2H3,(H,22,23)/p-1. The molecule has 1 aromatic carbocycles. The van der Waals surface area contributed by atoms with Crippen molar-refractivity contribution in [1.82, 2.24) is 14.2 Å². The van der Waals surface area contributed by atoms with Crippen LogP contribution in [0.3, 0.4) is 0 Å². The van der Waals surface area contributed by atoms with Crippen LogP contribution in [0.4, 0.5) is 0 Å². The molecule has 1 unspecified atom stereocenters. The second-order valence-electron chi connectivity index (χ2n) is 6.17. The van der Waals surface area contributed by atoms with Gasteiger partial charge < -0.3 is 14.2 Å². The van der Waals surface area contributed by atoms with Gasteiger partial charge in [0, 0.05) is 42.2 Å². The molecule has 26 heavy (non-hydrogen) atoms. The molecule has 0 amide bonds. The summed E-state index contributed by atoms with van der Waals surface area (Å²) in [6.07, 6.45) is 0.901. The van der Waals surface area contributed by atoms with Gasteiger partial charge in [-0.1, -0.05) is 12.1 Å². The van der Waals surface area contributed by atoms with Crippen molar-refractivity contribution >= 4 is 28.6 Å². The first-order valence-corrected chi connectivity index (χ1v) is 9.98. The largest absolute Gasteiger partial charge is 0.760 e. The Morgan fingerprint density at radius 2 is 2.12 bits per heavy atom. The fourth-order valence-electron chi connectivity index (χ4n) is 2.82. The van der Waals surface area contributed by atoms with E-state index >= 15 is 0 Å². The van der Waals surface area contributed by atoms with E-state index < -0.39 is 17.2 Å². The number of likely N-dealkylation sites (N-methyl/N-ethyl adjacent to an activating group) is 1. The van der Waals surface area contributed by atoms with Crippen molar-refractivity contribution in [1.29, 1.82) is 0 Å². The Labute approximate surface area is 159 Å². The molecule has 0 radical (unpaired) electrons. The molecule has 3 rings (SSSR count). The van der Waals surface area contributed by atoms with Gasteiger partial charge in [-0.05, 0) is 24.7 Å². The van der Waals surface area contributed by atoms with Gasteiger partial charge in [-0.3, -0.25) is 4.21 Å². The molecule has 0 saturated heterocycles. The van der Waals surface area contributed by atoms with Gasteiger partial charge >= 0.3 is 5.97 Å². The van der Waals surface area contributed by atoms with Crippen LogP contribution in [-0.2, 0) is 42.1 Å². The lowest BCUT2D eigenvalue weighted by Crippen LogP contribution is -2.25. The van der Waals surface area contributed by atoms with Crippen molar-refractivity contribution in [2.45, 2.75) is 26.1 Å². The van der Waals surface area contributed by atoms with Crippen LogP contribution in [0.2, 0.25) is 0 Å². The molecular weight excluding hydrogens is 374 g/mol. The van der Waals surface area contributed by atoms with Crippen LogP contribution in [0.1, 0.15) is 31.5 Å². The highest BCUT2D eigenvalue weighted by atomic mass is 32.2. The SMILES string of the molecule is COC(=O)c1ccc(CN(Cc2nc3c(s2)CN(C)CC3)S(=O)[O-])cc1. The summed E-state index contributed by atoms with van der Waals surface area (Å²) in [5, 5.41) is 0.806. The highest BCUT2D eigenvalue weighted by molar-refractivity contribution is 7.76. The van der Waals surface area contributed by atoms with E-state index in [4.69, 9.17) is 0 Å². The average molecular weight is 394 g/mol. The maximum Gasteiger partial charge on any atom is 0.337 e. The number of nitrogens with zero attached hydrogens (tertiary/aromatic N) is 3. The molecule has 9 heteroatoms. The van der Waals surface area contributed by atoms with E-state index in [2.05, 4.69) is 21.7 Å². The molecule has 1 aromatic heterocycles. The van der Waals surface area contributed by atoms with Crippen LogP contribution < -0.4 is 0 Å². The first kappa shape index (κ1) is 19.1. The van der Waals surface area contributed by atoms with Gasteiger partial charge in [0.15, 0.2) is 0 Å². The first-order valence-electron chi connectivity index (χ1n) is 8.14. The minimum atomic E-state index is -2.36. The Morgan fingerprint density at radius 3 is 2.77 bits per heavy atom. The zero-order valence-corrected chi connectivity index (χ0v) is 16.3. The van der Waals surface area contributed by atoms with Gasteiger partial charge in [-0.2, -0.15) is 0 Å². The van der Waals surface area contributed by atoms with Gasteiger partial charge in [-0.25, -0.2) is 14.1 Å². The first-order chi connectivity index (χ1) is 12.5. The number of esters is 1. The van der Waals surface area contributed by atoms with E-state index in [1.165, 1.54) is 16.3 Å². The van der Waals surface area contributed by atoms with Crippen LogP contribution in [0.5, 0.6) is 0 Å². The normalized spacial score (nSPS) is 15.7. The Kier molecular flexibility index (Phi) is 6.15. The summed E-state index contributed by atoms with van der Waals surface area (Å²) in [5.41, 5.74) is 2.31. The van der Waals surface area contributed by atoms with Gasteiger partial charge in [0.05, 0.1) is 24.9 Å². The highest BCUT2D eigenvalue weighted by Gasteiger charge is 2.20. The van der Waals surface area contributed by atoms with Crippen molar-refractivity contribution in [3.05, 3.63) is 51.0 Å². The molecule has 0 aliphatic carbocycles. The fraction of sp³-hybridized carbons (Fsp3) is 0.412. The maximum atomic E-state index is 11.6.